The fourth-order valence-electron chi connectivity index (χ4n) is 5.26. The van der Waals surface area contributed by atoms with Crippen molar-refractivity contribution in [3.05, 3.63) is 56.7 Å². The first-order valence-corrected chi connectivity index (χ1v) is 15.0. The number of aromatic hydroxyl groups is 1. The van der Waals surface area contributed by atoms with Crippen LogP contribution in [0.15, 0.2) is 29.3 Å². The zero-order valence-electron chi connectivity index (χ0n) is 24.9. The monoisotopic (exact) mass is 644 g/mol. The molecule has 1 saturated heterocycles. The molecule has 0 atom stereocenters. The molecule has 0 radical (unpaired) electrons. The second-order valence-corrected chi connectivity index (χ2v) is 11.9. The standard InChI is InChI=1S/C29H31F3N8O4S/c1-5-19-23(38-8-10-39(11-9-38)28(44)22-24(42)17(4)34-14-35-22)25(43)21-26(37-27-18(36-21)12-16(3)45-27)40(19)13-20(41)33-7-6-15(2)29(30,31)32/h12,14,42H,2,5-11,13H2,1,3-4H3,(H,33,41). The number of anilines is 1. The van der Waals surface area contributed by atoms with Gasteiger partial charge in [-0.3, -0.25) is 14.4 Å². The smallest absolute Gasteiger partial charge is 0.412 e. The summed E-state index contributed by atoms with van der Waals surface area (Å²) < 4.78 is 40.2. The van der Waals surface area contributed by atoms with Gasteiger partial charge in [0, 0.05) is 48.9 Å². The summed E-state index contributed by atoms with van der Waals surface area (Å²) >= 11 is 1.39. The van der Waals surface area contributed by atoms with Crippen LogP contribution >= 0.6 is 11.3 Å². The summed E-state index contributed by atoms with van der Waals surface area (Å²) in [5.74, 6) is -1.31. The zero-order chi connectivity index (χ0) is 32.6. The summed E-state index contributed by atoms with van der Waals surface area (Å²) in [7, 11) is 0. The average molecular weight is 645 g/mol. The highest BCUT2D eigenvalue weighted by Gasteiger charge is 2.32. The predicted molar refractivity (Wildman–Crippen MR) is 163 cm³/mol. The van der Waals surface area contributed by atoms with Crippen molar-refractivity contribution in [2.75, 3.05) is 37.6 Å². The van der Waals surface area contributed by atoms with Gasteiger partial charge in [-0.25, -0.2) is 19.9 Å². The van der Waals surface area contributed by atoms with Crippen LogP contribution in [0, 0.1) is 13.8 Å². The van der Waals surface area contributed by atoms with Crippen LogP contribution in [-0.2, 0) is 17.8 Å². The number of pyridine rings is 1. The van der Waals surface area contributed by atoms with Gasteiger partial charge >= 0.3 is 6.18 Å². The molecule has 1 aliphatic heterocycles. The van der Waals surface area contributed by atoms with E-state index in [-0.39, 0.29) is 73.0 Å². The molecule has 4 aromatic rings. The highest BCUT2D eigenvalue weighted by molar-refractivity contribution is 7.18. The Labute approximate surface area is 259 Å². The summed E-state index contributed by atoms with van der Waals surface area (Å²) in [4.78, 5) is 62.3. The number of fused-ring (bicyclic) bond motifs is 2. The lowest BCUT2D eigenvalue weighted by Crippen LogP contribution is -2.50. The van der Waals surface area contributed by atoms with Crippen molar-refractivity contribution in [3.63, 3.8) is 0 Å². The minimum absolute atomic E-state index is 0.0608. The molecule has 0 aliphatic carbocycles. The number of rotatable bonds is 8. The number of hydrogen-bond donors (Lipinski definition) is 2. The lowest BCUT2D eigenvalue weighted by atomic mass is 10.1. The van der Waals surface area contributed by atoms with Crippen molar-refractivity contribution in [1.29, 1.82) is 0 Å². The first-order chi connectivity index (χ1) is 21.3. The van der Waals surface area contributed by atoms with E-state index in [9.17, 15) is 32.7 Å². The molecule has 0 spiro atoms. The number of aryl methyl sites for hydroxylation is 2. The summed E-state index contributed by atoms with van der Waals surface area (Å²) in [6, 6.07) is 1.82. The molecule has 45 heavy (non-hydrogen) atoms. The molecule has 2 amide bonds. The van der Waals surface area contributed by atoms with Crippen LogP contribution in [0.2, 0.25) is 0 Å². The van der Waals surface area contributed by atoms with Crippen molar-refractivity contribution in [3.8, 4) is 5.75 Å². The molecular weight excluding hydrogens is 613 g/mol. The Hall–Kier alpha value is -4.60. The van der Waals surface area contributed by atoms with Crippen molar-refractivity contribution in [2.24, 2.45) is 0 Å². The number of nitrogens with one attached hydrogen (secondary N) is 1. The van der Waals surface area contributed by atoms with E-state index in [0.29, 0.717) is 28.1 Å². The highest BCUT2D eigenvalue weighted by Crippen LogP contribution is 2.29. The number of carbonyl (C=O) groups excluding carboxylic acids is 2. The quantitative estimate of drug-likeness (QED) is 0.276. The van der Waals surface area contributed by atoms with E-state index in [0.717, 1.165) is 4.88 Å². The molecule has 1 aliphatic rings. The molecule has 2 N–H and O–H groups in total. The predicted octanol–water partition coefficient (Wildman–Crippen LogP) is 3.27. The van der Waals surface area contributed by atoms with Crippen LogP contribution in [0.1, 0.15) is 40.1 Å². The first-order valence-electron chi connectivity index (χ1n) is 14.2. The number of halogens is 3. The molecule has 5 heterocycles. The Morgan fingerprint density at radius 2 is 1.84 bits per heavy atom. The SMILES string of the molecule is C=C(CCNC(=O)Cn1c(CC)c(N2CCN(C(=O)c3ncnc(C)c3O)CC2)c(=O)c2nc3cc(C)sc3nc21)C(F)(F)F. The molecule has 4 aromatic heterocycles. The fourth-order valence-corrected chi connectivity index (χ4v) is 6.08. The maximum Gasteiger partial charge on any atom is 0.412 e. The van der Waals surface area contributed by atoms with Gasteiger partial charge in [0.25, 0.3) is 5.91 Å². The zero-order valence-corrected chi connectivity index (χ0v) is 25.7. The number of carbonyl (C=O) groups is 2. The van der Waals surface area contributed by atoms with E-state index in [1.807, 2.05) is 24.8 Å². The molecule has 238 valence electrons. The van der Waals surface area contributed by atoms with Gasteiger partial charge in [-0.1, -0.05) is 13.5 Å². The van der Waals surface area contributed by atoms with E-state index in [2.05, 4.69) is 26.8 Å². The maximum absolute atomic E-state index is 14.1. The molecule has 5 rings (SSSR count). The largest absolute Gasteiger partial charge is 0.504 e. The van der Waals surface area contributed by atoms with E-state index in [1.54, 1.807) is 11.5 Å². The van der Waals surface area contributed by atoms with Gasteiger partial charge in [0.05, 0.1) is 5.69 Å². The molecule has 0 saturated carbocycles. The molecule has 16 heteroatoms. The van der Waals surface area contributed by atoms with Crippen LogP contribution in [-0.4, -0.2) is 85.2 Å². The number of amides is 2. The normalized spacial score (nSPS) is 13.9. The molecule has 0 aromatic carbocycles. The Bertz CT molecular complexity index is 1880. The van der Waals surface area contributed by atoms with Crippen molar-refractivity contribution >= 4 is 50.3 Å². The Morgan fingerprint density at radius 3 is 2.51 bits per heavy atom. The topological polar surface area (TPSA) is 146 Å². The minimum atomic E-state index is -4.55. The van der Waals surface area contributed by atoms with Gasteiger partial charge in [-0.05, 0) is 32.8 Å². The molecule has 0 bridgehead atoms. The fraction of sp³-hybridized carbons (Fsp3) is 0.414. The summed E-state index contributed by atoms with van der Waals surface area (Å²) in [6.07, 6.45) is -3.47. The first kappa shape index (κ1) is 31.8. The van der Waals surface area contributed by atoms with E-state index < -0.39 is 30.0 Å². The Kier molecular flexibility index (Phi) is 8.78. The highest BCUT2D eigenvalue weighted by atomic mass is 32.1. The molecular formula is C29H31F3N8O4S. The van der Waals surface area contributed by atoms with E-state index in [1.165, 1.54) is 22.6 Å². The summed E-state index contributed by atoms with van der Waals surface area (Å²) in [5, 5.41) is 12.8. The van der Waals surface area contributed by atoms with E-state index in [4.69, 9.17) is 4.98 Å². The van der Waals surface area contributed by atoms with Crippen LogP contribution in [0.5, 0.6) is 5.75 Å². The number of nitrogens with zero attached hydrogens (tertiary/aromatic N) is 7. The average Bonchev–Trinajstić information content (AvgIpc) is 3.37. The Morgan fingerprint density at radius 1 is 1.13 bits per heavy atom. The second kappa shape index (κ2) is 12.4. The van der Waals surface area contributed by atoms with Crippen LogP contribution in [0.4, 0.5) is 18.9 Å². The van der Waals surface area contributed by atoms with Crippen LogP contribution in [0.25, 0.3) is 21.5 Å². The van der Waals surface area contributed by atoms with E-state index >= 15 is 0 Å². The van der Waals surface area contributed by atoms with Crippen LogP contribution in [0.3, 0.4) is 0 Å². The minimum Gasteiger partial charge on any atom is -0.504 e. The lowest BCUT2D eigenvalue weighted by molar-refractivity contribution is -0.122. The Balaban J connectivity index is 1.48. The van der Waals surface area contributed by atoms with Gasteiger partial charge in [-0.2, -0.15) is 13.2 Å². The van der Waals surface area contributed by atoms with Crippen molar-refractivity contribution in [2.45, 2.75) is 46.3 Å². The third-order valence-corrected chi connectivity index (χ3v) is 8.56. The number of alkyl halides is 3. The third-order valence-electron chi connectivity index (χ3n) is 7.63. The molecule has 1 fully saturated rings. The number of hydrogen-bond acceptors (Lipinski definition) is 10. The maximum atomic E-state index is 14.1. The number of thiophene rings is 1. The summed E-state index contributed by atoms with van der Waals surface area (Å²) in [6.45, 7) is 8.73. The van der Waals surface area contributed by atoms with Crippen molar-refractivity contribution < 1.29 is 27.9 Å². The summed E-state index contributed by atoms with van der Waals surface area (Å²) in [5.41, 5.74) is 0.479. The van der Waals surface area contributed by atoms with Gasteiger partial charge < -0.3 is 24.8 Å². The lowest BCUT2D eigenvalue weighted by Gasteiger charge is -2.37. The van der Waals surface area contributed by atoms with Gasteiger partial charge in [0.1, 0.15) is 28.9 Å². The van der Waals surface area contributed by atoms with Crippen molar-refractivity contribution in [1.82, 2.24) is 34.7 Å². The number of piperazine rings is 1. The van der Waals surface area contributed by atoms with Crippen LogP contribution < -0.4 is 15.6 Å². The van der Waals surface area contributed by atoms with Gasteiger partial charge in [0.15, 0.2) is 22.6 Å². The molecule has 0 unspecified atom stereocenters. The van der Waals surface area contributed by atoms with Gasteiger partial charge in [-0.15, -0.1) is 11.3 Å². The third kappa shape index (κ3) is 6.32. The molecule has 12 nitrogen and oxygen atoms in total. The second-order valence-electron chi connectivity index (χ2n) is 10.6. The number of aromatic nitrogens is 5. The van der Waals surface area contributed by atoms with Gasteiger partial charge in [0.2, 0.25) is 11.3 Å².